The Kier molecular flexibility index (Phi) is 6.19. The average Bonchev–Trinajstić information content (AvgIpc) is 2.60. The Morgan fingerprint density at radius 1 is 0.792 bits per heavy atom. The number of halogens is 1. The maximum atomic E-state index is 12.8. The van der Waals surface area contributed by atoms with E-state index < -0.39 is 11.8 Å². The predicted octanol–water partition coefficient (Wildman–Crippen LogP) is 2.18. The van der Waals surface area contributed by atoms with E-state index >= 15 is 0 Å². The van der Waals surface area contributed by atoms with Crippen LogP contribution >= 0.6 is 0 Å². The molecule has 2 amide bonds. The van der Waals surface area contributed by atoms with Crippen LogP contribution in [-0.2, 0) is 16.0 Å². The first-order valence-electron chi connectivity index (χ1n) is 7.45. The second kappa shape index (κ2) is 8.57. The van der Waals surface area contributed by atoms with E-state index in [0.717, 1.165) is 0 Å². The third kappa shape index (κ3) is 5.64. The summed E-state index contributed by atoms with van der Waals surface area (Å²) in [6.45, 7) is 0. The molecule has 0 aromatic heterocycles. The number of rotatable bonds is 6. The maximum Gasteiger partial charge on any atom is 0.242 e. The zero-order valence-corrected chi connectivity index (χ0v) is 12.9. The van der Waals surface area contributed by atoms with Crippen molar-refractivity contribution in [3.63, 3.8) is 0 Å². The summed E-state index contributed by atoms with van der Waals surface area (Å²) in [7, 11) is 0. The number of Topliss-reactive ketones (excluding diaryl/α,β-unsaturated/α-hetero) is 1. The van der Waals surface area contributed by atoms with Crippen LogP contribution in [0.4, 0.5) is 4.39 Å². The van der Waals surface area contributed by atoms with E-state index in [-0.39, 0.29) is 30.9 Å². The first-order chi connectivity index (χ1) is 11.5. The molecule has 0 aliphatic rings. The lowest BCUT2D eigenvalue weighted by Crippen LogP contribution is -2.42. The number of carbonyl (C=O) groups excluding carboxylic acids is 3. The van der Waals surface area contributed by atoms with E-state index in [1.807, 2.05) is 0 Å². The van der Waals surface area contributed by atoms with Gasteiger partial charge in [0, 0.05) is 18.4 Å². The van der Waals surface area contributed by atoms with Crippen LogP contribution in [0.25, 0.3) is 0 Å². The van der Waals surface area contributed by atoms with Gasteiger partial charge in [0.1, 0.15) is 5.82 Å². The Morgan fingerprint density at radius 2 is 1.42 bits per heavy atom. The second-order valence-corrected chi connectivity index (χ2v) is 5.19. The number of ketones is 1. The Hall–Kier alpha value is -3.02. The van der Waals surface area contributed by atoms with Crippen molar-refractivity contribution in [2.45, 2.75) is 19.3 Å². The van der Waals surface area contributed by atoms with Crippen molar-refractivity contribution < 1.29 is 18.8 Å². The summed E-state index contributed by atoms with van der Waals surface area (Å²) in [5, 5.41) is 0. The molecule has 0 aliphatic heterocycles. The molecule has 2 N–H and O–H groups in total. The van der Waals surface area contributed by atoms with Crippen LogP contribution in [0.1, 0.15) is 28.8 Å². The van der Waals surface area contributed by atoms with Crippen molar-refractivity contribution in [3.05, 3.63) is 71.5 Å². The van der Waals surface area contributed by atoms with E-state index in [2.05, 4.69) is 10.9 Å². The molecule has 0 radical (unpaired) electrons. The molecule has 2 aromatic carbocycles. The van der Waals surface area contributed by atoms with Gasteiger partial charge in [0.25, 0.3) is 0 Å². The number of hydrogen-bond acceptors (Lipinski definition) is 3. The van der Waals surface area contributed by atoms with Gasteiger partial charge in [-0.2, -0.15) is 0 Å². The van der Waals surface area contributed by atoms with Crippen LogP contribution in [0.3, 0.4) is 0 Å². The van der Waals surface area contributed by atoms with Gasteiger partial charge in [0.15, 0.2) is 5.78 Å². The molecule has 0 saturated heterocycles. The van der Waals surface area contributed by atoms with E-state index in [9.17, 15) is 18.8 Å². The van der Waals surface area contributed by atoms with Crippen LogP contribution in [0.2, 0.25) is 0 Å². The Morgan fingerprint density at radius 3 is 2.08 bits per heavy atom. The summed E-state index contributed by atoms with van der Waals surface area (Å²) in [6, 6.07) is 14.2. The van der Waals surface area contributed by atoms with Crippen LogP contribution < -0.4 is 10.9 Å². The van der Waals surface area contributed by atoms with E-state index in [4.69, 9.17) is 0 Å². The van der Waals surface area contributed by atoms with Crippen molar-refractivity contribution in [1.82, 2.24) is 10.9 Å². The van der Waals surface area contributed by atoms with Gasteiger partial charge in [0.05, 0.1) is 6.42 Å². The fourth-order valence-corrected chi connectivity index (χ4v) is 2.03. The second-order valence-electron chi connectivity index (χ2n) is 5.19. The number of benzene rings is 2. The summed E-state index contributed by atoms with van der Waals surface area (Å²) in [6.07, 6.45) is 0.0533. The van der Waals surface area contributed by atoms with Crippen molar-refractivity contribution in [1.29, 1.82) is 0 Å². The van der Waals surface area contributed by atoms with E-state index in [0.29, 0.717) is 11.1 Å². The third-order valence-corrected chi connectivity index (χ3v) is 3.29. The molecule has 0 fully saturated rings. The molecule has 0 atom stereocenters. The summed E-state index contributed by atoms with van der Waals surface area (Å²) in [5.74, 6) is -1.39. The van der Waals surface area contributed by atoms with E-state index in [1.54, 1.807) is 30.3 Å². The third-order valence-electron chi connectivity index (χ3n) is 3.29. The maximum absolute atomic E-state index is 12.8. The van der Waals surface area contributed by atoms with Crippen molar-refractivity contribution in [3.8, 4) is 0 Å². The van der Waals surface area contributed by atoms with Gasteiger partial charge in [-0.1, -0.05) is 42.5 Å². The van der Waals surface area contributed by atoms with Crippen molar-refractivity contribution in [2.75, 3.05) is 0 Å². The highest BCUT2D eigenvalue weighted by atomic mass is 19.1. The highest BCUT2D eigenvalue weighted by molar-refractivity contribution is 5.98. The van der Waals surface area contributed by atoms with Gasteiger partial charge < -0.3 is 0 Å². The van der Waals surface area contributed by atoms with Gasteiger partial charge >= 0.3 is 0 Å². The molecule has 6 heteroatoms. The number of hydrazine groups is 1. The number of carbonyl (C=O) groups is 3. The van der Waals surface area contributed by atoms with Crippen LogP contribution in [-0.4, -0.2) is 17.6 Å². The SMILES string of the molecule is O=C(CCC(=O)c1ccccc1)NNC(=O)Cc1ccc(F)cc1. The zero-order valence-electron chi connectivity index (χ0n) is 12.9. The molecule has 0 aliphatic carbocycles. The lowest BCUT2D eigenvalue weighted by Gasteiger charge is -2.07. The van der Waals surface area contributed by atoms with Crippen molar-refractivity contribution in [2.24, 2.45) is 0 Å². The van der Waals surface area contributed by atoms with Gasteiger partial charge in [-0.15, -0.1) is 0 Å². The Labute approximate surface area is 138 Å². The summed E-state index contributed by atoms with van der Waals surface area (Å²) in [4.78, 5) is 35.2. The van der Waals surface area contributed by atoms with Gasteiger partial charge in [-0.25, -0.2) is 4.39 Å². The predicted molar refractivity (Wildman–Crippen MR) is 86.4 cm³/mol. The molecule has 0 spiro atoms. The molecule has 5 nitrogen and oxygen atoms in total. The normalized spacial score (nSPS) is 10.0. The monoisotopic (exact) mass is 328 g/mol. The molecular weight excluding hydrogens is 311 g/mol. The minimum Gasteiger partial charge on any atom is -0.294 e. The zero-order chi connectivity index (χ0) is 17.4. The summed E-state index contributed by atoms with van der Waals surface area (Å²) in [5.41, 5.74) is 5.70. The van der Waals surface area contributed by atoms with Crippen LogP contribution in [0.5, 0.6) is 0 Å². The molecule has 2 aromatic rings. The minimum absolute atomic E-state index is 0.0174. The largest absolute Gasteiger partial charge is 0.294 e. The quantitative estimate of drug-likeness (QED) is 0.630. The first kappa shape index (κ1) is 17.3. The fourth-order valence-electron chi connectivity index (χ4n) is 2.03. The van der Waals surface area contributed by atoms with Gasteiger partial charge in [-0.05, 0) is 17.7 Å². The van der Waals surface area contributed by atoms with Crippen molar-refractivity contribution >= 4 is 17.6 Å². The lowest BCUT2D eigenvalue weighted by molar-refractivity contribution is -0.128. The molecule has 0 bridgehead atoms. The summed E-state index contributed by atoms with van der Waals surface area (Å²) < 4.78 is 12.8. The van der Waals surface area contributed by atoms with Crippen LogP contribution in [0, 0.1) is 5.82 Å². The molecule has 0 unspecified atom stereocenters. The number of nitrogens with one attached hydrogen (secondary N) is 2. The number of amides is 2. The molecular formula is C18H17FN2O3. The molecule has 0 saturated carbocycles. The van der Waals surface area contributed by atoms with Crippen LogP contribution in [0.15, 0.2) is 54.6 Å². The highest BCUT2D eigenvalue weighted by Gasteiger charge is 2.10. The molecule has 24 heavy (non-hydrogen) atoms. The minimum atomic E-state index is -0.452. The average molecular weight is 328 g/mol. The Bertz CT molecular complexity index is 715. The smallest absolute Gasteiger partial charge is 0.242 e. The van der Waals surface area contributed by atoms with E-state index in [1.165, 1.54) is 24.3 Å². The highest BCUT2D eigenvalue weighted by Crippen LogP contribution is 2.05. The fraction of sp³-hybridized carbons (Fsp3) is 0.167. The number of hydrogen-bond donors (Lipinski definition) is 2. The Balaban J connectivity index is 1.70. The standard InChI is InChI=1S/C18H17FN2O3/c19-15-8-6-13(7-9-15)12-18(24)21-20-17(23)11-10-16(22)14-4-2-1-3-5-14/h1-9H,10-12H2,(H,20,23)(H,21,24). The topological polar surface area (TPSA) is 75.3 Å². The molecule has 124 valence electrons. The molecule has 2 rings (SSSR count). The lowest BCUT2D eigenvalue weighted by atomic mass is 10.1. The first-order valence-corrected chi connectivity index (χ1v) is 7.45. The summed E-state index contributed by atoms with van der Waals surface area (Å²) >= 11 is 0. The molecule has 0 heterocycles. The van der Waals surface area contributed by atoms with Gasteiger partial charge in [0.2, 0.25) is 11.8 Å². The van der Waals surface area contributed by atoms with Gasteiger partial charge in [-0.3, -0.25) is 25.2 Å².